The van der Waals surface area contributed by atoms with Crippen molar-refractivity contribution in [3.05, 3.63) is 66.6 Å². The van der Waals surface area contributed by atoms with Crippen molar-refractivity contribution in [2.45, 2.75) is 0 Å². The molecular formula is C17H14N6O2. The van der Waals surface area contributed by atoms with Crippen molar-refractivity contribution < 1.29 is 9.59 Å². The maximum Gasteiger partial charge on any atom is 0.329 e. The zero-order chi connectivity index (χ0) is 17.6. The van der Waals surface area contributed by atoms with Gasteiger partial charge in [0, 0.05) is 29.7 Å². The van der Waals surface area contributed by atoms with Gasteiger partial charge in [-0.3, -0.25) is 14.6 Å². The molecule has 3 rings (SSSR count). The number of carbonyl (C=O) groups excluding carboxylic acids is 2. The zero-order valence-electron chi connectivity index (χ0n) is 13.0. The fourth-order valence-corrected chi connectivity index (χ4v) is 2.14. The molecule has 0 unspecified atom stereocenters. The third kappa shape index (κ3) is 3.75. The van der Waals surface area contributed by atoms with Crippen LogP contribution in [0.15, 0.2) is 66.2 Å². The smallest absolute Gasteiger partial charge is 0.329 e. The van der Waals surface area contributed by atoms with E-state index in [0.717, 1.165) is 11.3 Å². The van der Waals surface area contributed by atoms with Crippen molar-refractivity contribution in [3.8, 4) is 16.9 Å². The van der Waals surface area contributed by atoms with Crippen LogP contribution < -0.4 is 11.2 Å². The molecule has 124 valence electrons. The number of nitrogens with two attached hydrogens (primary N) is 1. The van der Waals surface area contributed by atoms with Crippen LogP contribution in [0.2, 0.25) is 0 Å². The van der Waals surface area contributed by atoms with Gasteiger partial charge in [-0.25, -0.2) is 10.1 Å². The highest BCUT2D eigenvalue weighted by atomic mass is 16.2. The van der Waals surface area contributed by atoms with Crippen molar-refractivity contribution in [1.29, 1.82) is 0 Å². The van der Waals surface area contributed by atoms with E-state index in [0.29, 0.717) is 11.3 Å². The number of carbonyl (C=O) groups is 2. The molecule has 1 aromatic carbocycles. The van der Waals surface area contributed by atoms with Crippen LogP contribution in [0, 0.1) is 0 Å². The number of aromatic nitrogens is 3. The summed E-state index contributed by atoms with van der Waals surface area (Å²) >= 11 is 0. The molecular weight excluding hydrogens is 320 g/mol. The van der Waals surface area contributed by atoms with Crippen LogP contribution in [0.25, 0.3) is 16.9 Å². The van der Waals surface area contributed by atoms with Crippen molar-refractivity contribution in [1.82, 2.24) is 20.2 Å². The number of pyridine rings is 1. The minimum absolute atomic E-state index is 0.633. The van der Waals surface area contributed by atoms with E-state index < -0.39 is 11.8 Å². The summed E-state index contributed by atoms with van der Waals surface area (Å²) < 4.78 is 1.69. The number of hydrazone groups is 1. The van der Waals surface area contributed by atoms with E-state index in [-0.39, 0.29) is 0 Å². The molecule has 25 heavy (non-hydrogen) atoms. The highest BCUT2D eigenvalue weighted by Gasteiger charge is 2.12. The van der Waals surface area contributed by atoms with Crippen LogP contribution in [0.4, 0.5) is 0 Å². The van der Waals surface area contributed by atoms with Crippen molar-refractivity contribution in [2.24, 2.45) is 10.8 Å². The number of primary amides is 1. The summed E-state index contributed by atoms with van der Waals surface area (Å²) in [7, 11) is 0. The molecule has 0 radical (unpaired) electrons. The Morgan fingerprint density at radius 3 is 2.64 bits per heavy atom. The standard InChI is InChI=1S/C17H14N6O2/c18-16(24)17(25)21-20-10-13-11-23(14-6-2-1-3-7-14)22-15(13)12-5-4-8-19-9-12/h1-11H,(H2,18,24)(H,21,25)/b20-10-. The maximum absolute atomic E-state index is 11.2. The third-order valence-corrected chi connectivity index (χ3v) is 3.29. The Labute approximate surface area is 143 Å². The first kappa shape index (κ1) is 16.1. The molecule has 0 atom stereocenters. The molecule has 0 aliphatic heterocycles. The molecule has 0 fully saturated rings. The molecule has 0 aliphatic carbocycles. The summed E-state index contributed by atoms with van der Waals surface area (Å²) in [5.41, 5.74) is 9.86. The van der Waals surface area contributed by atoms with E-state index in [1.165, 1.54) is 6.21 Å². The van der Waals surface area contributed by atoms with Gasteiger partial charge in [0.25, 0.3) is 0 Å². The van der Waals surface area contributed by atoms with Gasteiger partial charge in [0.1, 0.15) is 5.69 Å². The quantitative estimate of drug-likeness (QED) is 0.418. The van der Waals surface area contributed by atoms with Crippen molar-refractivity contribution in [3.63, 3.8) is 0 Å². The van der Waals surface area contributed by atoms with Crippen LogP contribution >= 0.6 is 0 Å². The summed E-state index contributed by atoms with van der Waals surface area (Å²) in [5, 5.41) is 8.32. The summed E-state index contributed by atoms with van der Waals surface area (Å²) in [4.78, 5) is 26.0. The number of hydrogen-bond acceptors (Lipinski definition) is 5. The Hall–Kier alpha value is -3.81. The Morgan fingerprint density at radius 2 is 1.96 bits per heavy atom. The van der Waals surface area contributed by atoms with E-state index in [2.05, 4.69) is 20.6 Å². The van der Waals surface area contributed by atoms with E-state index in [1.54, 1.807) is 29.3 Å². The number of nitrogens with one attached hydrogen (secondary N) is 1. The first-order chi connectivity index (χ1) is 12.1. The second-order valence-electron chi connectivity index (χ2n) is 5.02. The average Bonchev–Trinajstić information content (AvgIpc) is 3.07. The summed E-state index contributed by atoms with van der Waals surface area (Å²) in [5.74, 6) is -2.10. The van der Waals surface area contributed by atoms with Crippen molar-refractivity contribution >= 4 is 18.0 Å². The molecule has 8 heteroatoms. The van der Waals surface area contributed by atoms with Crippen LogP contribution in [0.3, 0.4) is 0 Å². The Bertz CT molecular complexity index is 919. The lowest BCUT2D eigenvalue weighted by molar-refractivity contribution is -0.137. The van der Waals surface area contributed by atoms with E-state index in [4.69, 9.17) is 5.73 Å². The molecule has 0 saturated carbocycles. The zero-order valence-corrected chi connectivity index (χ0v) is 13.0. The predicted octanol–water partition coefficient (Wildman–Crippen LogP) is 0.870. The largest absolute Gasteiger partial charge is 0.361 e. The molecule has 0 spiro atoms. The van der Waals surface area contributed by atoms with Gasteiger partial charge in [-0.2, -0.15) is 10.2 Å². The average molecular weight is 334 g/mol. The minimum atomic E-state index is -1.11. The van der Waals surface area contributed by atoms with Crippen molar-refractivity contribution in [2.75, 3.05) is 0 Å². The van der Waals surface area contributed by atoms with Gasteiger partial charge in [-0.15, -0.1) is 0 Å². The van der Waals surface area contributed by atoms with Gasteiger partial charge in [-0.1, -0.05) is 18.2 Å². The predicted molar refractivity (Wildman–Crippen MR) is 91.7 cm³/mol. The van der Waals surface area contributed by atoms with Crippen LogP contribution in [-0.2, 0) is 9.59 Å². The first-order valence-electron chi connectivity index (χ1n) is 7.33. The van der Waals surface area contributed by atoms with Gasteiger partial charge >= 0.3 is 11.8 Å². The molecule has 2 heterocycles. The van der Waals surface area contributed by atoms with Crippen LogP contribution in [-0.4, -0.2) is 32.8 Å². The summed E-state index contributed by atoms with van der Waals surface area (Å²) in [6, 6.07) is 13.2. The number of nitrogens with zero attached hydrogens (tertiary/aromatic N) is 4. The highest BCUT2D eigenvalue weighted by Crippen LogP contribution is 2.21. The fraction of sp³-hybridized carbons (Fsp3) is 0. The van der Waals surface area contributed by atoms with Gasteiger partial charge < -0.3 is 5.73 Å². The van der Waals surface area contributed by atoms with Crippen LogP contribution in [0.5, 0.6) is 0 Å². The van der Waals surface area contributed by atoms with Gasteiger partial charge in [-0.05, 0) is 24.3 Å². The monoisotopic (exact) mass is 334 g/mol. The minimum Gasteiger partial charge on any atom is -0.361 e. The lowest BCUT2D eigenvalue weighted by atomic mass is 10.1. The van der Waals surface area contributed by atoms with Gasteiger partial charge in [0.15, 0.2) is 0 Å². The molecule has 8 nitrogen and oxygen atoms in total. The normalized spacial score (nSPS) is 10.7. The van der Waals surface area contributed by atoms with E-state index >= 15 is 0 Å². The number of hydrogen-bond donors (Lipinski definition) is 2. The lowest BCUT2D eigenvalue weighted by Gasteiger charge is -1.99. The maximum atomic E-state index is 11.2. The molecule has 0 saturated heterocycles. The molecule has 3 aromatic rings. The second kappa shape index (κ2) is 7.18. The van der Waals surface area contributed by atoms with E-state index in [1.807, 2.05) is 36.4 Å². The Kier molecular flexibility index (Phi) is 4.61. The molecule has 0 aliphatic rings. The molecule has 3 N–H and O–H groups in total. The second-order valence-corrected chi connectivity index (χ2v) is 5.02. The fourth-order valence-electron chi connectivity index (χ4n) is 2.14. The SMILES string of the molecule is NC(=O)C(=O)N/N=C\c1cn(-c2ccccc2)nc1-c1cccnc1. The Balaban J connectivity index is 1.97. The number of rotatable bonds is 4. The molecule has 2 aromatic heterocycles. The van der Waals surface area contributed by atoms with E-state index in [9.17, 15) is 9.59 Å². The number of para-hydroxylation sites is 1. The van der Waals surface area contributed by atoms with Crippen LogP contribution in [0.1, 0.15) is 5.56 Å². The number of benzene rings is 1. The van der Waals surface area contributed by atoms with Gasteiger partial charge in [0.05, 0.1) is 11.9 Å². The number of amides is 2. The third-order valence-electron chi connectivity index (χ3n) is 3.29. The first-order valence-corrected chi connectivity index (χ1v) is 7.33. The molecule has 2 amide bonds. The highest BCUT2D eigenvalue weighted by molar-refractivity contribution is 6.34. The topological polar surface area (TPSA) is 115 Å². The summed E-state index contributed by atoms with van der Waals surface area (Å²) in [6.07, 6.45) is 6.50. The Morgan fingerprint density at radius 1 is 1.16 bits per heavy atom. The molecule has 0 bridgehead atoms. The van der Waals surface area contributed by atoms with Gasteiger partial charge in [0.2, 0.25) is 0 Å². The lowest BCUT2D eigenvalue weighted by Crippen LogP contribution is -2.32. The summed E-state index contributed by atoms with van der Waals surface area (Å²) in [6.45, 7) is 0.